The van der Waals surface area contributed by atoms with Gasteiger partial charge in [-0.05, 0) is 32.4 Å². The second-order valence-electron chi connectivity index (χ2n) is 6.77. The zero-order valence-corrected chi connectivity index (χ0v) is 14.9. The zero-order valence-electron chi connectivity index (χ0n) is 14.9. The first-order valence-corrected chi connectivity index (χ1v) is 8.93. The standard InChI is InChI=1S/C19H26N4O2/c1-14-7-5-6-11-23(14)12-10-20-19(25)21-17-13-22(2)18(24)16-9-4-3-8-15(16)17/h3-4,8-9,13-14H,5-7,10-12H2,1-2H3,(H2,20,21,25). The van der Waals surface area contributed by atoms with Crippen LogP contribution >= 0.6 is 0 Å². The highest BCUT2D eigenvalue weighted by Crippen LogP contribution is 2.20. The van der Waals surface area contributed by atoms with E-state index in [1.165, 1.54) is 23.8 Å². The Morgan fingerprint density at radius 1 is 1.24 bits per heavy atom. The number of hydrogen-bond acceptors (Lipinski definition) is 3. The number of nitrogens with zero attached hydrogens (tertiary/aromatic N) is 2. The second-order valence-corrected chi connectivity index (χ2v) is 6.77. The Bertz CT molecular complexity index is 815. The Labute approximate surface area is 147 Å². The van der Waals surface area contributed by atoms with Crippen LogP contribution in [0.3, 0.4) is 0 Å². The van der Waals surface area contributed by atoms with Gasteiger partial charge in [0.1, 0.15) is 0 Å². The molecule has 3 rings (SSSR count). The van der Waals surface area contributed by atoms with Gasteiger partial charge in [0.05, 0.1) is 5.69 Å². The number of aromatic nitrogens is 1. The Balaban J connectivity index is 1.62. The summed E-state index contributed by atoms with van der Waals surface area (Å²) in [5.41, 5.74) is 0.571. The van der Waals surface area contributed by atoms with Gasteiger partial charge in [-0.3, -0.25) is 9.69 Å². The van der Waals surface area contributed by atoms with E-state index in [4.69, 9.17) is 0 Å². The molecule has 0 saturated carbocycles. The number of carbonyl (C=O) groups excluding carboxylic acids is 1. The van der Waals surface area contributed by atoms with Crippen LogP contribution in [0.4, 0.5) is 10.5 Å². The van der Waals surface area contributed by atoms with E-state index in [0.29, 0.717) is 23.7 Å². The molecule has 1 aliphatic heterocycles. The summed E-state index contributed by atoms with van der Waals surface area (Å²) in [6.45, 7) is 4.83. The van der Waals surface area contributed by atoms with Gasteiger partial charge in [0.2, 0.25) is 0 Å². The molecule has 1 unspecified atom stereocenters. The minimum atomic E-state index is -0.242. The van der Waals surface area contributed by atoms with Gasteiger partial charge in [-0.1, -0.05) is 24.6 Å². The summed E-state index contributed by atoms with van der Waals surface area (Å²) in [5, 5.41) is 7.15. The molecule has 2 amide bonds. The normalized spacial score (nSPS) is 18.2. The highest BCUT2D eigenvalue weighted by Gasteiger charge is 2.17. The number of rotatable bonds is 4. The van der Waals surface area contributed by atoms with Crippen molar-refractivity contribution in [3.8, 4) is 0 Å². The van der Waals surface area contributed by atoms with Crippen molar-refractivity contribution in [2.75, 3.05) is 25.0 Å². The molecule has 1 aromatic carbocycles. The lowest BCUT2D eigenvalue weighted by molar-refractivity contribution is 0.162. The summed E-state index contributed by atoms with van der Waals surface area (Å²) in [4.78, 5) is 26.8. The smallest absolute Gasteiger partial charge is 0.319 e. The molecule has 6 heteroatoms. The lowest BCUT2D eigenvalue weighted by Crippen LogP contribution is -2.43. The number of carbonyl (C=O) groups is 1. The summed E-state index contributed by atoms with van der Waals surface area (Å²) < 4.78 is 1.49. The molecule has 2 aromatic rings. The van der Waals surface area contributed by atoms with Gasteiger partial charge in [0.15, 0.2) is 0 Å². The van der Waals surface area contributed by atoms with Crippen LogP contribution in [-0.4, -0.2) is 41.2 Å². The summed E-state index contributed by atoms with van der Waals surface area (Å²) in [5.74, 6) is 0. The van der Waals surface area contributed by atoms with Gasteiger partial charge in [-0.15, -0.1) is 0 Å². The summed E-state index contributed by atoms with van der Waals surface area (Å²) in [6, 6.07) is 7.66. The minimum Gasteiger partial charge on any atom is -0.337 e. The van der Waals surface area contributed by atoms with Crippen molar-refractivity contribution in [2.24, 2.45) is 7.05 Å². The third-order valence-corrected chi connectivity index (χ3v) is 4.96. The molecule has 0 radical (unpaired) electrons. The number of benzene rings is 1. The molecule has 134 valence electrons. The molecule has 0 bridgehead atoms. The number of likely N-dealkylation sites (tertiary alicyclic amines) is 1. The molecule has 1 aromatic heterocycles. The fourth-order valence-electron chi connectivity index (χ4n) is 3.49. The average Bonchev–Trinajstić information content (AvgIpc) is 2.61. The Hall–Kier alpha value is -2.34. The van der Waals surface area contributed by atoms with Gasteiger partial charge >= 0.3 is 6.03 Å². The van der Waals surface area contributed by atoms with Crippen LogP contribution in [-0.2, 0) is 7.05 Å². The van der Waals surface area contributed by atoms with Gasteiger partial charge < -0.3 is 15.2 Å². The van der Waals surface area contributed by atoms with E-state index in [9.17, 15) is 9.59 Å². The van der Waals surface area contributed by atoms with Gasteiger partial charge in [0.25, 0.3) is 5.56 Å². The maximum atomic E-state index is 12.2. The van der Waals surface area contributed by atoms with E-state index in [1.54, 1.807) is 19.3 Å². The maximum absolute atomic E-state index is 12.2. The van der Waals surface area contributed by atoms with E-state index >= 15 is 0 Å². The molecule has 0 aliphatic carbocycles. The van der Waals surface area contributed by atoms with Crippen LogP contribution in [0.2, 0.25) is 0 Å². The average molecular weight is 342 g/mol. The number of anilines is 1. The van der Waals surface area contributed by atoms with Crippen molar-refractivity contribution in [1.82, 2.24) is 14.8 Å². The number of aryl methyl sites for hydroxylation is 1. The summed E-state index contributed by atoms with van der Waals surface area (Å²) in [7, 11) is 1.69. The van der Waals surface area contributed by atoms with E-state index < -0.39 is 0 Å². The highest BCUT2D eigenvalue weighted by molar-refractivity contribution is 6.00. The lowest BCUT2D eigenvalue weighted by atomic mass is 10.0. The molecule has 0 spiro atoms. The summed E-state index contributed by atoms with van der Waals surface area (Å²) >= 11 is 0. The van der Waals surface area contributed by atoms with Gasteiger partial charge in [-0.25, -0.2) is 4.79 Å². The van der Waals surface area contributed by atoms with Crippen LogP contribution in [0.5, 0.6) is 0 Å². The number of nitrogens with one attached hydrogen (secondary N) is 2. The largest absolute Gasteiger partial charge is 0.337 e. The van der Waals surface area contributed by atoms with Crippen molar-refractivity contribution >= 4 is 22.5 Å². The third-order valence-electron chi connectivity index (χ3n) is 4.96. The van der Waals surface area contributed by atoms with Gasteiger partial charge in [0, 0.05) is 43.1 Å². The summed E-state index contributed by atoms with van der Waals surface area (Å²) in [6.07, 6.45) is 5.43. The first kappa shape index (κ1) is 17.5. The number of piperidine rings is 1. The number of fused-ring (bicyclic) bond motifs is 1. The van der Waals surface area contributed by atoms with Crippen LogP contribution in [0.25, 0.3) is 10.8 Å². The zero-order chi connectivity index (χ0) is 17.8. The van der Waals surface area contributed by atoms with Crippen LogP contribution < -0.4 is 16.2 Å². The van der Waals surface area contributed by atoms with Crippen molar-refractivity contribution in [1.29, 1.82) is 0 Å². The predicted molar refractivity (Wildman–Crippen MR) is 101 cm³/mol. The molecule has 1 saturated heterocycles. The second kappa shape index (κ2) is 7.70. The first-order chi connectivity index (χ1) is 12.1. The van der Waals surface area contributed by atoms with E-state index in [1.807, 2.05) is 18.2 Å². The highest BCUT2D eigenvalue weighted by atomic mass is 16.2. The molecule has 25 heavy (non-hydrogen) atoms. The molecule has 1 fully saturated rings. The topological polar surface area (TPSA) is 66.4 Å². The Morgan fingerprint density at radius 3 is 2.76 bits per heavy atom. The first-order valence-electron chi connectivity index (χ1n) is 8.93. The minimum absolute atomic E-state index is 0.0688. The quantitative estimate of drug-likeness (QED) is 0.897. The fourth-order valence-corrected chi connectivity index (χ4v) is 3.49. The predicted octanol–water partition coefficient (Wildman–Crippen LogP) is 2.53. The van der Waals surface area contributed by atoms with Crippen molar-refractivity contribution in [2.45, 2.75) is 32.2 Å². The number of amides is 2. The molecule has 6 nitrogen and oxygen atoms in total. The Morgan fingerprint density at radius 2 is 2.00 bits per heavy atom. The molecule has 1 atom stereocenters. The maximum Gasteiger partial charge on any atom is 0.319 e. The molecular weight excluding hydrogens is 316 g/mol. The van der Waals surface area contributed by atoms with E-state index in [-0.39, 0.29) is 11.6 Å². The van der Waals surface area contributed by atoms with Crippen LogP contribution in [0, 0.1) is 0 Å². The van der Waals surface area contributed by atoms with E-state index in [0.717, 1.165) is 18.5 Å². The molecular formula is C19H26N4O2. The van der Waals surface area contributed by atoms with Gasteiger partial charge in [-0.2, -0.15) is 0 Å². The third kappa shape index (κ3) is 4.02. The lowest BCUT2D eigenvalue weighted by Gasteiger charge is -2.33. The SMILES string of the molecule is CC1CCCCN1CCNC(=O)Nc1cn(C)c(=O)c2ccccc12. The molecule has 2 N–H and O–H groups in total. The van der Waals surface area contributed by atoms with Crippen LogP contribution in [0.15, 0.2) is 35.3 Å². The monoisotopic (exact) mass is 342 g/mol. The van der Waals surface area contributed by atoms with Crippen molar-refractivity contribution in [3.05, 3.63) is 40.8 Å². The van der Waals surface area contributed by atoms with Crippen molar-refractivity contribution in [3.63, 3.8) is 0 Å². The molecule has 2 heterocycles. The number of urea groups is 1. The Kier molecular flexibility index (Phi) is 5.38. The fraction of sp³-hybridized carbons (Fsp3) is 0.474. The van der Waals surface area contributed by atoms with E-state index in [2.05, 4.69) is 22.5 Å². The number of hydrogen-bond donors (Lipinski definition) is 2. The van der Waals surface area contributed by atoms with Crippen molar-refractivity contribution < 1.29 is 4.79 Å². The molecule has 1 aliphatic rings. The number of pyridine rings is 1. The van der Waals surface area contributed by atoms with Crippen LogP contribution in [0.1, 0.15) is 26.2 Å².